The number of benzene rings is 3. The van der Waals surface area contributed by atoms with E-state index in [1.54, 1.807) is 57.2 Å². The van der Waals surface area contributed by atoms with Crippen molar-refractivity contribution in [2.75, 3.05) is 11.9 Å². The van der Waals surface area contributed by atoms with Crippen molar-refractivity contribution in [2.45, 2.75) is 45.4 Å². The summed E-state index contributed by atoms with van der Waals surface area (Å²) >= 11 is 0. The number of carbonyl (C=O) groups is 4. The monoisotopic (exact) mass is 573 g/mol. The average Bonchev–Trinajstić information content (AvgIpc) is 2.96. The van der Waals surface area contributed by atoms with Crippen LogP contribution < -0.4 is 21.4 Å². The number of hydrogen-bond acceptors (Lipinski definition) is 7. The summed E-state index contributed by atoms with van der Waals surface area (Å²) in [4.78, 5) is 49.2. The zero-order valence-corrected chi connectivity index (χ0v) is 23.8. The second kappa shape index (κ2) is 15.6. The Morgan fingerprint density at radius 2 is 1.52 bits per heavy atom. The third-order valence-electron chi connectivity index (χ3n) is 5.50. The number of carbonyl (C=O) groups excluding carboxylic acids is 4. The molecule has 0 heterocycles. The fraction of sp³-hybridized carbons (Fsp3) is 0.258. The molecule has 42 heavy (non-hydrogen) atoms. The molecule has 3 rings (SSSR count). The van der Waals surface area contributed by atoms with E-state index >= 15 is 0 Å². The molecule has 1 atom stereocenters. The summed E-state index contributed by atoms with van der Waals surface area (Å²) in [7, 11) is 0. The van der Waals surface area contributed by atoms with Gasteiger partial charge in [-0.25, -0.2) is 15.0 Å². The normalized spacial score (nSPS) is 11.7. The van der Waals surface area contributed by atoms with E-state index in [9.17, 15) is 19.2 Å². The van der Waals surface area contributed by atoms with Gasteiger partial charge in [-0.3, -0.25) is 9.59 Å². The van der Waals surface area contributed by atoms with Gasteiger partial charge in [-0.1, -0.05) is 72.8 Å². The number of hydrazone groups is 1. The molecule has 11 heteroatoms. The minimum Gasteiger partial charge on any atom is -0.461 e. The number of urea groups is 1. The molecule has 11 nitrogen and oxygen atoms in total. The lowest BCUT2D eigenvalue weighted by molar-refractivity contribution is -0.145. The van der Waals surface area contributed by atoms with Crippen LogP contribution in [-0.2, 0) is 25.7 Å². The number of anilines is 1. The molecule has 0 saturated carbocycles. The first kappa shape index (κ1) is 31.3. The summed E-state index contributed by atoms with van der Waals surface area (Å²) in [6.45, 7) is 5.07. The number of ether oxygens (including phenoxy) is 2. The van der Waals surface area contributed by atoms with Crippen molar-refractivity contribution in [3.05, 3.63) is 102 Å². The predicted molar refractivity (Wildman–Crippen MR) is 159 cm³/mol. The molecule has 0 fully saturated rings. The van der Waals surface area contributed by atoms with Crippen molar-refractivity contribution >= 4 is 35.9 Å². The highest BCUT2D eigenvalue weighted by Gasteiger charge is 2.20. The van der Waals surface area contributed by atoms with Crippen molar-refractivity contribution in [2.24, 2.45) is 5.10 Å². The van der Waals surface area contributed by atoms with E-state index in [1.165, 1.54) is 6.21 Å². The lowest BCUT2D eigenvalue weighted by Crippen LogP contribution is -2.40. The van der Waals surface area contributed by atoms with Gasteiger partial charge in [-0.15, -0.1) is 0 Å². The van der Waals surface area contributed by atoms with Crippen LogP contribution in [0, 0.1) is 0 Å². The largest absolute Gasteiger partial charge is 0.461 e. The molecule has 0 aromatic heterocycles. The summed E-state index contributed by atoms with van der Waals surface area (Å²) in [5, 5.41) is 11.8. The van der Waals surface area contributed by atoms with Crippen molar-refractivity contribution in [3.8, 4) is 0 Å². The number of nitrogens with one attached hydrogen (secondary N) is 4. The molecule has 0 aliphatic heterocycles. The van der Waals surface area contributed by atoms with Gasteiger partial charge in [-0.2, -0.15) is 5.10 Å². The van der Waals surface area contributed by atoms with E-state index in [1.807, 2.05) is 48.5 Å². The lowest BCUT2D eigenvalue weighted by Gasteiger charge is -2.19. The van der Waals surface area contributed by atoms with Gasteiger partial charge in [-0.05, 0) is 49.6 Å². The number of rotatable bonds is 11. The van der Waals surface area contributed by atoms with E-state index in [-0.39, 0.29) is 19.6 Å². The molecule has 0 aliphatic carbocycles. The Hall–Kier alpha value is -5.19. The van der Waals surface area contributed by atoms with Gasteiger partial charge in [0, 0.05) is 5.69 Å². The first-order valence-electron chi connectivity index (χ1n) is 13.3. The van der Waals surface area contributed by atoms with Crippen molar-refractivity contribution < 1.29 is 28.7 Å². The number of amides is 4. The third kappa shape index (κ3) is 11.9. The molecule has 1 unspecified atom stereocenters. The van der Waals surface area contributed by atoms with Crippen LogP contribution in [0.5, 0.6) is 0 Å². The highest BCUT2D eigenvalue weighted by Crippen LogP contribution is 2.18. The second-order valence-electron chi connectivity index (χ2n) is 10.2. The highest BCUT2D eigenvalue weighted by molar-refractivity contribution is 5.93. The molecule has 0 saturated heterocycles. The van der Waals surface area contributed by atoms with Crippen molar-refractivity contribution in [1.29, 1.82) is 0 Å². The Morgan fingerprint density at radius 3 is 2.17 bits per heavy atom. The van der Waals surface area contributed by atoms with Gasteiger partial charge < -0.3 is 25.4 Å². The standard InChI is InChI=1S/C31H35N5O6/c1-31(2,3)42-30(40)36-33-19-22-14-16-25(17-15-22)34-29(39)32-20-27(37)35-26(24-12-8-5-9-13-24)18-28(38)41-21-23-10-6-4-7-11-23/h4-17,19,26H,18,20-21H2,1-3H3,(H,35,37)(H,36,40)(H2,32,34,39). The molecule has 0 spiro atoms. The first-order chi connectivity index (χ1) is 20.1. The average molecular weight is 574 g/mol. The third-order valence-corrected chi connectivity index (χ3v) is 5.50. The van der Waals surface area contributed by atoms with Crippen LogP contribution in [0.2, 0.25) is 0 Å². The van der Waals surface area contributed by atoms with Crippen LogP contribution in [-0.4, -0.2) is 42.4 Å². The zero-order chi connectivity index (χ0) is 30.4. The van der Waals surface area contributed by atoms with Crippen LogP contribution in [0.4, 0.5) is 15.3 Å². The molecule has 3 aromatic rings. The molecule has 4 amide bonds. The summed E-state index contributed by atoms with van der Waals surface area (Å²) in [5.41, 5.74) is 4.39. The van der Waals surface area contributed by atoms with Crippen LogP contribution in [0.25, 0.3) is 0 Å². The first-order valence-corrected chi connectivity index (χ1v) is 13.3. The zero-order valence-electron chi connectivity index (χ0n) is 23.8. The summed E-state index contributed by atoms with van der Waals surface area (Å²) in [6, 6.07) is 23.8. The van der Waals surface area contributed by atoms with Gasteiger partial charge in [0.15, 0.2) is 0 Å². The van der Waals surface area contributed by atoms with Crippen LogP contribution in [0.15, 0.2) is 90.0 Å². The number of hydrogen-bond donors (Lipinski definition) is 4. The highest BCUT2D eigenvalue weighted by atomic mass is 16.6. The van der Waals surface area contributed by atoms with Crippen LogP contribution in [0.1, 0.15) is 49.9 Å². The van der Waals surface area contributed by atoms with E-state index in [0.717, 1.165) is 11.1 Å². The van der Waals surface area contributed by atoms with Gasteiger partial charge in [0.05, 0.1) is 25.2 Å². The molecule has 220 valence electrons. The molecule has 4 N–H and O–H groups in total. The molecule has 0 bridgehead atoms. The SMILES string of the molecule is CC(C)(C)OC(=O)NN=Cc1ccc(NC(=O)NCC(=O)NC(CC(=O)OCc2ccccc2)c2ccccc2)cc1. The lowest BCUT2D eigenvalue weighted by atomic mass is 10.0. The number of esters is 1. The second-order valence-corrected chi connectivity index (χ2v) is 10.2. The van der Waals surface area contributed by atoms with E-state index in [0.29, 0.717) is 11.3 Å². The maximum absolute atomic E-state index is 12.7. The minimum absolute atomic E-state index is 0.0717. The Kier molecular flexibility index (Phi) is 11.6. The minimum atomic E-state index is -0.671. The van der Waals surface area contributed by atoms with Gasteiger partial charge >= 0.3 is 18.1 Å². The molecule has 0 aliphatic rings. The molecular weight excluding hydrogens is 538 g/mol. The van der Waals surface area contributed by atoms with Crippen molar-refractivity contribution in [3.63, 3.8) is 0 Å². The van der Waals surface area contributed by atoms with Crippen LogP contribution >= 0.6 is 0 Å². The number of nitrogens with zero attached hydrogens (tertiary/aromatic N) is 1. The Labute approximate surface area is 244 Å². The Morgan fingerprint density at radius 1 is 0.881 bits per heavy atom. The summed E-state index contributed by atoms with van der Waals surface area (Å²) < 4.78 is 10.5. The van der Waals surface area contributed by atoms with E-state index < -0.39 is 35.6 Å². The summed E-state index contributed by atoms with van der Waals surface area (Å²) in [5.74, 6) is -0.938. The fourth-order valence-electron chi connectivity index (χ4n) is 3.60. The quantitative estimate of drug-likeness (QED) is 0.149. The Bertz CT molecular complexity index is 1360. The predicted octanol–water partition coefficient (Wildman–Crippen LogP) is 4.66. The molecular formula is C31H35N5O6. The van der Waals surface area contributed by atoms with Crippen molar-refractivity contribution in [1.82, 2.24) is 16.1 Å². The fourth-order valence-corrected chi connectivity index (χ4v) is 3.60. The maximum Gasteiger partial charge on any atom is 0.428 e. The topological polar surface area (TPSA) is 147 Å². The Balaban J connectivity index is 1.45. The maximum atomic E-state index is 12.7. The van der Waals surface area contributed by atoms with Crippen LogP contribution in [0.3, 0.4) is 0 Å². The van der Waals surface area contributed by atoms with Gasteiger partial charge in [0.25, 0.3) is 0 Å². The van der Waals surface area contributed by atoms with Gasteiger partial charge in [0.2, 0.25) is 5.91 Å². The summed E-state index contributed by atoms with van der Waals surface area (Å²) in [6.07, 6.45) is 0.687. The molecule has 0 radical (unpaired) electrons. The smallest absolute Gasteiger partial charge is 0.428 e. The van der Waals surface area contributed by atoms with Gasteiger partial charge in [0.1, 0.15) is 12.2 Å². The molecule has 3 aromatic carbocycles. The van der Waals surface area contributed by atoms with E-state index in [4.69, 9.17) is 9.47 Å². The van der Waals surface area contributed by atoms with E-state index in [2.05, 4.69) is 26.5 Å².